The minimum atomic E-state index is -0.536. The second-order valence-corrected chi connectivity index (χ2v) is 5.21. The van der Waals surface area contributed by atoms with Crippen LogP contribution in [0.3, 0.4) is 0 Å². The molecular weight excluding hydrogens is 228 g/mol. The molecule has 0 atom stereocenters. The molecule has 0 aliphatic heterocycles. The standard InChI is InChI=1S/C12H15F2NS/c13-9-6-7-12(11(14)8-9)15-16-10-4-2-1-3-5-10/h6-8,10,15H,1-5H2. The van der Waals surface area contributed by atoms with Crippen molar-refractivity contribution in [3.05, 3.63) is 29.8 Å². The second-order valence-electron chi connectivity index (χ2n) is 4.10. The van der Waals surface area contributed by atoms with E-state index in [4.69, 9.17) is 0 Å². The van der Waals surface area contributed by atoms with Gasteiger partial charge in [-0.15, -0.1) is 0 Å². The lowest BCUT2D eigenvalue weighted by Gasteiger charge is -2.21. The van der Waals surface area contributed by atoms with Crippen molar-refractivity contribution in [3.63, 3.8) is 0 Å². The number of anilines is 1. The van der Waals surface area contributed by atoms with Gasteiger partial charge in [0, 0.05) is 11.3 Å². The van der Waals surface area contributed by atoms with Crippen LogP contribution in [0.5, 0.6) is 0 Å². The Morgan fingerprint density at radius 2 is 1.88 bits per heavy atom. The fourth-order valence-corrected chi connectivity index (χ4v) is 2.93. The molecule has 2 rings (SSSR count). The molecule has 1 N–H and O–H groups in total. The van der Waals surface area contributed by atoms with Crippen molar-refractivity contribution in [3.8, 4) is 0 Å². The van der Waals surface area contributed by atoms with Gasteiger partial charge in [0.25, 0.3) is 0 Å². The molecule has 0 aromatic heterocycles. The van der Waals surface area contributed by atoms with E-state index in [9.17, 15) is 8.78 Å². The fraction of sp³-hybridized carbons (Fsp3) is 0.500. The zero-order chi connectivity index (χ0) is 11.4. The van der Waals surface area contributed by atoms with Gasteiger partial charge >= 0.3 is 0 Å². The van der Waals surface area contributed by atoms with Crippen LogP contribution in [0.1, 0.15) is 32.1 Å². The monoisotopic (exact) mass is 243 g/mol. The van der Waals surface area contributed by atoms with E-state index < -0.39 is 11.6 Å². The molecule has 1 aromatic carbocycles. The average Bonchev–Trinajstić information content (AvgIpc) is 2.29. The molecule has 0 saturated heterocycles. The largest absolute Gasteiger partial charge is 0.327 e. The lowest BCUT2D eigenvalue weighted by atomic mass is 10.0. The van der Waals surface area contributed by atoms with Gasteiger partial charge in [-0.05, 0) is 36.9 Å². The van der Waals surface area contributed by atoms with Crippen molar-refractivity contribution in [1.82, 2.24) is 0 Å². The van der Waals surface area contributed by atoms with Crippen LogP contribution in [0, 0.1) is 11.6 Å². The predicted molar refractivity (Wildman–Crippen MR) is 64.4 cm³/mol. The summed E-state index contributed by atoms with van der Waals surface area (Å²) in [7, 11) is 0. The molecule has 16 heavy (non-hydrogen) atoms. The molecule has 1 aliphatic carbocycles. The quantitative estimate of drug-likeness (QED) is 0.792. The zero-order valence-corrected chi connectivity index (χ0v) is 9.83. The number of halogens is 2. The summed E-state index contributed by atoms with van der Waals surface area (Å²) in [6.07, 6.45) is 6.18. The van der Waals surface area contributed by atoms with E-state index >= 15 is 0 Å². The van der Waals surface area contributed by atoms with E-state index in [2.05, 4.69) is 4.72 Å². The Labute approximate surface area is 98.8 Å². The van der Waals surface area contributed by atoms with Gasteiger partial charge in [0.2, 0.25) is 0 Å². The first-order valence-corrected chi connectivity index (χ1v) is 6.50. The highest BCUT2D eigenvalue weighted by atomic mass is 32.2. The first-order chi connectivity index (χ1) is 7.75. The van der Waals surface area contributed by atoms with Crippen LogP contribution >= 0.6 is 11.9 Å². The van der Waals surface area contributed by atoms with Gasteiger partial charge in [-0.1, -0.05) is 19.3 Å². The molecule has 1 fully saturated rings. The van der Waals surface area contributed by atoms with Gasteiger partial charge in [-0.3, -0.25) is 0 Å². The second kappa shape index (κ2) is 5.53. The Hall–Kier alpha value is -0.770. The highest BCUT2D eigenvalue weighted by molar-refractivity contribution is 8.01. The van der Waals surface area contributed by atoms with E-state index in [0.29, 0.717) is 10.9 Å². The Kier molecular flexibility index (Phi) is 4.04. The summed E-state index contributed by atoms with van der Waals surface area (Å²) in [4.78, 5) is 0. The summed E-state index contributed by atoms with van der Waals surface area (Å²) in [5, 5.41) is 0.554. The lowest BCUT2D eigenvalue weighted by Crippen LogP contribution is -2.10. The van der Waals surface area contributed by atoms with E-state index in [0.717, 1.165) is 6.07 Å². The molecule has 0 heterocycles. The maximum absolute atomic E-state index is 13.3. The number of hydrogen-bond acceptors (Lipinski definition) is 2. The molecule has 0 radical (unpaired) electrons. The average molecular weight is 243 g/mol. The SMILES string of the molecule is Fc1ccc(NSC2CCCCC2)c(F)c1. The summed E-state index contributed by atoms with van der Waals surface area (Å²) in [6.45, 7) is 0. The molecule has 0 unspecified atom stereocenters. The molecule has 0 amide bonds. The molecule has 0 bridgehead atoms. The van der Waals surface area contributed by atoms with E-state index in [1.165, 1.54) is 44.2 Å². The molecule has 1 aliphatic rings. The third-order valence-electron chi connectivity index (χ3n) is 2.82. The van der Waals surface area contributed by atoms with E-state index in [1.807, 2.05) is 0 Å². The Morgan fingerprint density at radius 1 is 1.12 bits per heavy atom. The third kappa shape index (κ3) is 3.11. The van der Waals surface area contributed by atoms with Crippen LogP contribution in [0.25, 0.3) is 0 Å². The summed E-state index contributed by atoms with van der Waals surface area (Å²) >= 11 is 1.56. The number of nitrogens with one attached hydrogen (secondary N) is 1. The van der Waals surface area contributed by atoms with Gasteiger partial charge in [-0.25, -0.2) is 8.78 Å². The van der Waals surface area contributed by atoms with Crippen LogP contribution < -0.4 is 4.72 Å². The van der Waals surface area contributed by atoms with Crippen molar-refractivity contribution in [2.45, 2.75) is 37.4 Å². The summed E-state index contributed by atoms with van der Waals surface area (Å²) in [5.41, 5.74) is 0.372. The molecule has 88 valence electrons. The lowest BCUT2D eigenvalue weighted by molar-refractivity contribution is 0.516. The third-order valence-corrected chi connectivity index (χ3v) is 3.96. The zero-order valence-electron chi connectivity index (χ0n) is 9.01. The maximum atomic E-state index is 13.3. The van der Waals surface area contributed by atoms with Gasteiger partial charge in [-0.2, -0.15) is 0 Å². The van der Waals surface area contributed by atoms with Gasteiger partial charge in [0.15, 0.2) is 0 Å². The van der Waals surface area contributed by atoms with Gasteiger partial charge in [0.1, 0.15) is 11.6 Å². The van der Waals surface area contributed by atoms with E-state index in [1.54, 1.807) is 11.9 Å². The Bertz CT molecular complexity index is 351. The van der Waals surface area contributed by atoms with E-state index in [-0.39, 0.29) is 0 Å². The Morgan fingerprint density at radius 3 is 2.56 bits per heavy atom. The van der Waals surface area contributed by atoms with Crippen LogP contribution in [0.2, 0.25) is 0 Å². The smallest absolute Gasteiger partial charge is 0.150 e. The summed E-state index contributed by atoms with van der Waals surface area (Å²) in [6, 6.07) is 3.62. The van der Waals surface area contributed by atoms with Gasteiger partial charge in [0.05, 0.1) is 5.69 Å². The van der Waals surface area contributed by atoms with Crippen molar-refractivity contribution in [1.29, 1.82) is 0 Å². The maximum Gasteiger partial charge on any atom is 0.150 e. The van der Waals surface area contributed by atoms with Crippen LogP contribution in [-0.2, 0) is 0 Å². The van der Waals surface area contributed by atoms with Crippen molar-refractivity contribution in [2.75, 3.05) is 4.72 Å². The molecule has 4 heteroatoms. The first-order valence-electron chi connectivity index (χ1n) is 5.62. The highest BCUT2D eigenvalue weighted by Gasteiger charge is 2.14. The number of rotatable bonds is 3. The van der Waals surface area contributed by atoms with Crippen LogP contribution in [-0.4, -0.2) is 5.25 Å². The predicted octanol–water partition coefficient (Wildman–Crippen LogP) is 4.36. The highest BCUT2D eigenvalue weighted by Crippen LogP contribution is 2.29. The van der Waals surface area contributed by atoms with Crippen molar-refractivity contribution in [2.24, 2.45) is 0 Å². The number of hydrogen-bond donors (Lipinski definition) is 1. The molecule has 1 nitrogen and oxygen atoms in total. The molecular formula is C12H15F2NS. The van der Waals surface area contributed by atoms with Crippen molar-refractivity contribution < 1.29 is 8.78 Å². The first kappa shape index (κ1) is 11.7. The van der Waals surface area contributed by atoms with Crippen LogP contribution in [0.15, 0.2) is 18.2 Å². The molecule has 1 saturated carbocycles. The van der Waals surface area contributed by atoms with Gasteiger partial charge < -0.3 is 4.72 Å². The summed E-state index contributed by atoms with van der Waals surface area (Å²) in [5.74, 6) is -1.06. The van der Waals surface area contributed by atoms with Crippen molar-refractivity contribution >= 4 is 17.6 Å². The normalized spacial score (nSPS) is 17.4. The Balaban J connectivity index is 1.88. The summed E-state index contributed by atoms with van der Waals surface area (Å²) < 4.78 is 28.9. The minimum Gasteiger partial charge on any atom is -0.327 e. The van der Waals surface area contributed by atoms with Crippen LogP contribution in [0.4, 0.5) is 14.5 Å². The molecule has 0 spiro atoms. The number of benzene rings is 1. The molecule has 1 aromatic rings. The topological polar surface area (TPSA) is 12.0 Å². The minimum absolute atomic E-state index is 0.372. The fourth-order valence-electron chi connectivity index (χ4n) is 1.90.